The number of hydrogen-bond donors (Lipinski definition) is 0. The quantitative estimate of drug-likeness (QED) is 0.406. The summed E-state index contributed by atoms with van der Waals surface area (Å²) in [6.45, 7) is 0. The molecule has 6 heteroatoms. The Labute approximate surface area is 193 Å². The molecule has 6 nitrogen and oxygen atoms in total. The highest BCUT2D eigenvalue weighted by Gasteiger charge is 2.45. The summed E-state index contributed by atoms with van der Waals surface area (Å²) in [5.41, 5.74) is 4.33. The van der Waals surface area contributed by atoms with Crippen LogP contribution < -0.4 is 9.64 Å². The first kappa shape index (κ1) is 22.1. The Morgan fingerprint density at radius 3 is 2.00 bits per heavy atom. The number of rotatable bonds is 6. The summed E-state index contributed by atoms with van der Waals surface area (Å²) in [4.78, 5) is 27.9. The molecule has 1 aliphatic heterocycles. The Hall–Kier alpha value is -4.06. The second kappa shape index (κ2) is 9.61. The predicted molar refractivity (Wildman–Crippen MR) is 126 cm³/mol. The van der Waals surface area contributed by atoms with E-state index in [0.717, 1.165) is 33.8 Å². The number of esters is 2. The maximum atomic E-state index is 12.9. The fraction of sp³-hybridized carbons (Fsp3) is 0.185. The highest BCUT2D eigenvalue weighted by atomic mass is 16.5. The van der Waals surface area contributed by atoms with Gasteiger partial charge in [0.15, 0.2) is 5.92 Å². The highest BCUT2D eigenvalue weighted by Crippen LogP contribution is 2.45. The summed E-state index contributed by atoms with van der Waals surface area (Å²) in [6.07, 6.45) is 2.06. The van der Waals surface area contributed by atoms with Gasteiger partial charge in [-0.15, -0.1) is 0 Å². The fourth-order valence-electron chi connectivity index (χ4n) is 4.23. The standard InChI is InChI=1S/C27H25NO5/c1-31-21-15-13-18(14-16-21)23-17-19-9-7-8-12-22(19)25(24(26(29)32-2)27(30)33-3)28(23)20-10-5-4-6-11-20/h4-17,24-25H,1-3H3. The lowest BCUT2D eigenvalue weighted by Gasteiger charge is -2.41. The average molecular weight is 443 g/mol. The number of benzene rings is 3. The van der Waals surface area contributed by atoms with Gasteiger partial charge in [-0.1, -0.05) is 42.5 Å². The molecule has 0 spiro atoms. The molecule has 1 heterocycles. The highest BCUT2D eigenvalue weighted by molar-refractivity contribution is 6.01. The van der Waals surface area contributed by atoms with E-state index in [-0.39, 0.29) is 0 Å². The van der Waals surface area contributed by atoms with Crippen molar-refractivity contribution in [2.75, 3.05) is 26.2 Å². The number of methoxy groups -OCH3 is 3. The van der Waals surface area contributed by atoms with E-state index in [2.05, 4.69) is 6.08 Å². The van der Waals surface area contributed by atoms with Crippen molar-refractivity contribution >= 4 is 29.4 Å². The molecule has 33 heavy (non-hydrogen) atoms. The Kier molecular flexibility index (Phi) is 6.45. The maximum Gasteiger partial charge on any atom is 0.322 e. The summed E-state index contributed by atoms with van der Waals surface area (Å²) in [7, 11) is 4.18. The van der Waals surface area contributed by atoms with Gasteiger partial charge in [0.25, 0.3) is 0 Å². The average Bonchev–Trinajstić information content (AvgIpc) is 2.88. The third-order valence-electron chi connectivity index (χ3n) is 5.79. The minimum absolute atomic E-state index is 0.654. The van der Waals surface area contributed by atoms with E-state index in [1.165, 1.54) is 14.2 Å². The molecule has 0 fully saturated rings. The first-order valence-electron chi connectivity index (χ1n) is 10.5. The second-order valence-corrected chi connectivity index (χ2v) is 7.56. The first-order valence-corrected chi connectivity index (χ1v) is 10.5. The van der Waals surface area contributed by atoms with E-state index in [9.17, 15) is 9.59 Å². The fourth-order valence-corrected chi connectivity index (χ4v) is 4.23. The zero-order chi connectivity index (χ0) is 23.4. The summed E-state index contributed by atoms with van der Waals surface area (Å²) >= 11 is 0. The lowest BCUT2D eigenvalue weighted by atomic mass is 9.83. The number of anilines is 1. The third kappa shape index (κ3) is 4.20. The van der Waals surface area contributed by atoms with Gasteiger partial charge in [0.1, 0.15) is 5.75 Å². The summed E-state index contributed by atoms with van der Waals surface area (Å²) < 4.78 is 15.4. The van der Waals surface area contributed by atoms with Gasteiger partial charge in [-0.25, -0.2) is 0 Å². The molecule has 3 aromatic rings. The topological polar surface area (TPSA) is 65.1 Å². The van der Waals surface area contributed by atoms with Gasteiger partial charge in [0.05, 0.1) is 27.4 Å². The van der Waals surface area contributed by atoms with Gasteiger partial charge in [-0.3, -0.25) is 9.59 Å². The van der Waals surface area contributed by atoms with Crippen LogP contribution in [-0.2, 0) is 19.1 Å². The van der Waals surface area contributed by atoms with Crippen molar-refractivity contribution < 1.29 is 23.8 Å². The number of carbonyl (C=O) groups excluding carboxylic acids is 2. The van der Waals surface area contributed by atoms with Crippen molar-refractivity contribution in [3.63, 3.8) is 0 Å². The largest absolute Gasteiger partial charge is 0.497 e. The van der Waals surface area contributed by atoms with Crippen LogP contribution in [0.5, 0.6) is 5.75 Å². The molecule has 0 aliphatic carbocycles. The Balaban J connectivity index is 1.99. The predicted octanol–water partition coefficient (Wildman–Crippen LogP) is 4.72. The molecule has 0 radical (unpaired) electrons. The van der Waals surface area contributed by atoms with E-state index < -0.39 is 23.9 Å². The van der Waals surface area contributed by atoms with Crippen molar-refractivity contribution in [2.24, 2.45) is 5.92 Å². The van der Waals surface area contributed by atoms with Crippen LogP contribution in [0, 0.1) is 5.92 Å². The van der Waals surface area contributed by atoms with Crippen LogP contribution in [0.2, 0.25) is 0 Å². The van der Waals surface area contributed by atoms with Crippen molar-refractivity contribution in [3.05, 3.63) is 95.6 Å². The second-order valence-electron chi connectivity index (χ2n) is 7.56. The molecule has 1 atom stereocenters. The minimum Gasteiger partial charge on any atom is -0.497 e. The van der Waals surface area contributed by atoms with Gasteiger partial charge in [0.2, 0.25) is 0 Å². The summed E-state index contributed by atoms with van der Waals surface area (Å²) in [6, 6.07) is 24.4. The van der Waals surface area contributed by atoms with Crippen LogP contribution in [0.1, 0.15) is 22.7 Å². The van der Waals surface area contributed by atoms with E-state index in [0.29, 0.717) is 0 Å². The zero-order valence-corrected chi connectivity index (χ0v) is 18.7. The van der Waals surface area contributed by atoms with Crippen LogP contribution in [-0.4, -0.2) is 33.3 Å². The Morgan fingerprint density at radius 2 is 1.39 bits per heavy atom. The van der Waals surface area contributed by atoms with E-state index in [1.54, 1.807) is 7.11 Å². The van der Waals surface area contributed by atoms with Crippen LogP contribution in [0.4, 0.5) is 5.69 Å². The van der Waals surface area contributed by atoms with Crippen molar-refractivity contribution in [2.45, 2.75) is 6.04 Å². The molecular weight excluding hydrogens is 418 g/mol. The molecule has 0 bridgehead atoms. The van der Waals surface area contributed by atoms with E-state index >= 15 is 0 Å². The molecule has 3 aromatic carbocycles. The van der Waals surface area contributed by atoms with E-state index in [4.69, 9.17) is 14.2 Å². The van der Waals surface area contributed by atoms with Crippen molar-refractivity contribution in [1.82, 2.24) is 0 Å². The SMILES string of the molecule is COC(=O)C(C(=O)OC)C1c2ccccc2C=C(c2ccc(OC)cc2)N1c1ccccc1. The van der Waals surface area contributed by atoms with E-state index in [1.807, 2.05) is 83.8 Å². The Bertz CT molecular complexity index is 1150. The summed E-state index contributed by atoms with van der Waals surface area (Å²) in [5.74, 6) is -1.76. The number of ether oxygens (including phenoxy) is 3. The molecular formula is C27H25NO5. The lowest BCUT2D eigenvalue weighted by Crippen LogP contribution is -2.43. The molecule has 0 amide bonds. The molecule has 0 saturated carbocycles. The lowest BCUT2D eigenvalue weighted by molar-refractivity contribution is -0.159. The smallest absolute Gasteiger partial charge is 0.322 e. The van der Waals surface area contributed by atoms with Crippen LogP contribution >= 0.6 is 0 Å². The molecule has 1 aliphatic rings. The first-order chi connectivity index (χ1) is 16.1. The molecule has 168 valence electrons. The zero-order valence-electron chi connectivity index (χ0n) is 18.7. The van der Waals surface area contributed by atoms with Gasteiger partial charge >= 0.3 is 11.9 Å². The number of hydrogen-bond acceptors (Lipinski definition) is 6. The summed E-state index contributed by atoms with van der Waals surface area (Å²) in [5, 5.41) is 0. The number of carbonyl (C=O) groups is 2. The molecule has 0 saturated heterocycles. The molecule has 0 N–H and O–H groups in total. The Morgan fingerprint density at radius 1 is 0.788 bits per heavy atom. The van der Waals surface area contributed by atoms with Gasteiger partial charge in [-0.05, 0) is 59.2 Å². The maximum absolute atomic E-state index is 12.9. The van der Waals surface area contributed by atoms with Crippen LogP contribution in [0.25, 0.3) is 11.8 Å². The molecule has 4 rings (SSSR count). The molecule has 0 aromatic heterocycles. The number of para-hydroxylation sites is 1. The van der Waals surface area contributed by atoms with Crippen LogP contribution in [0.3, 0.4) is 0 Å². The van der Waals surface area contributed by atoms with Gasteiger partial charge in [0, 0.05) is 11.4 Å². The van der Waals surface area contributed by atoms with Gasteiger partial charge in [-0.2, -0.15) is 0 Å². The molecule has 1 unspecified atom stereocenters. The monoisotopic (exact) mass is 443 g/mol. The normalized spacial score (nSPS) is 14.8. The number of fused-ring (bicyclic) bond motifs is 1. The minimum atomic E-state index is -1.19. The van der Waals surface area contributed by atoms with Crippen molar-refractivity contribution in [3.8, 4) is 5.75 Å². The third-order valence-corrected chi connectivity index (χ3v) is 5.79. The number of nitrogens with zero attached hydrogens (tertiary/aromatic N) is 1. The van der Waals surface area contributed by atoms with Crippen LogP contribution in [0.15, 0.2) is 78.9 Å². The van der Waals surface area contributed by atoms with Crippen molar-refractivity contribution in [1.29, 1.82) is 0 Å². The van der Waals surface area contributed by atoms with Gasteiger partial charge < -0.3 is 19.1 Å².